The molecule has 3 aromatic rings. The number of carbonyl (C=O) groups excluding carboxylic acids is 4. The van der Waals surface area contributed by atoms with Crippen LogP contribution in [0.4, 0.5) is 15.2 Å². The van der Waals surface area contributed by atoms with Crippen LogP contribution in [0.2, 0.25) is 0 Å². The molecule has 0 bridgehead atoms. The molecular weight excluding hydrogens is 437 g/mol. The fraction of sp³-hybridized carbons (Fsp3) is 0.136. The number of imide groups is 1. The SMILES string of the molecule is CC(=O)N(c1nc(COC(=O)c2ccc3c(c2)C(=O)N(C)C3=O)cs1)c1ccccc1F. The normalized spacial score (nSPS) is 12.7. The highest BCUT2D eigenvalue weighted by atomic mass is 32.1. The molecule has 2 heterocycles. The Hall–Kier alpha value is -3.92. The van der Waals surface area contributed by atoms with Crippen LogP contribution in [0, 0.1) is 5.82 Å². The molecule has 0 spiro atoms. The van der Waals surface area contributed by atoms with Crippen LogP contribution in [0.5, 0.6) is 0 Å². The number of rotatable bonds is 5. The number of amides is 3. The van der Waals surface area contributed by atoms with Crippen LogP contribution in [0.3, 0.4) is 0 Å². The lowest BCUT2D eigenvalue weighted by atomic mass is 10.1. The first-order valence-electron chi connectivity index (χ1n) is 9.41. The Kier molecular flexibility index (Phi) is 5.54. The van der Waals surface area contributed by atoms with Crippen molar-refractivity contribution in [3.8, 4) is 0 Å². The third kappa shape index (κ3) is 3.76. The van der Waals surface area contributed by atoms with Crippen LogP contribution >= 0.6 is 11.3 Å². The highest BCUT2D eigenvalue weighted by molar-refractivity contribution is 7.14. The van der Waals surface area contributed by atoms with E-state index in [4.69, 9.17) is 4.74 Å². The third-order valence-electron chi connectivity index (χ3n) is 4.82. The van der Waals surface area contributed by atoms with E-state index >= 15 is 0 Å². The van der Waals surface area contributed by atoms with Crippen LogP contribution in [0.1, 0.15) is 43.7 Å². The Morgan fingerprint density at radius 2 is 1.84 bits per heavy atom. The maximum absolute atomic E-state index is 14.2. The van der Waals surface area contributed by atoms with Crippen LogP contribution < -0.4 is 4.90 Å². The van der Waals surface area contributed by atoms with Gasteiger partial charge in [-0.05, 0) is 30.3 Å². The van der Waals surface area contributed by atoms with Gasteiger partial charge in [-0.2, -0.15) is 0 Å². The Morgan fingerprint density at radius 3 is 2.56 bits per heavy atom. The van der Waals surface area contributed by atoms with Gasteiger partial charge in [0, 0.05) is 19.4 Å². The number of carbonyl (C=O) groups is 4. The van der Waals surface area contributed by atoms with Gasteiger partial charge in [0.1, 0.15) is 12.4 Å². The zero-order valence-electron chi connectivity index (χ0n) is 17.0. The minimum atomic E-state index is -0.699. The number of ether oxygens (including phenoxy) is 1. The van der Waals surface area contributed by atoms with Gasteiger partial charge in [-0.3, -0.25) is 24.2 Å². The molecule has 8 nitrogen and oxygen atoms in total. The molecule has 0 radical (unpaired) electrons. The van der Waals surface area contributed by atoms with Gasteiger partial charge in [0.05, 0.1) is 28.1 Å². The molecule has 2 aromatic carbocycles. The molecular formula is C22H16FN3O5S. The number of anilines is 2. The number of halogens is 1. The highest BCUT2D eigenvalue weighted by Gasteiger charge is 2.33. The molecule has 162 valence electrons. The first kappa shape index (κ1) is 21.3. The summed E-state index contributed by atoms with van der Waals surface area (Å²) >= 11 is 1.10. The van der Waals surface area contributed by atoms with Crippen LogP contribution in [-0.4, -0.2) is 40.6 Å². The topological polar surface area (TPSA) is 96.9 Å². The fourth-order valence-corrected chi connectivity index (χ4v) is 4.08. The number of nitrogens with zero attached hydrogens (tertiary/aromatic N) is 3. The minimum absolute atomic E-state index is 0.0696. The second-order valence-electron chi connectivity index (χ2n) is 6.93. The molecule has 10 heteroatoms. The fourth-order valence-electron chi connectivity index (χ4n) is 3.22. The zero-order valence-corrected chi connectivity index (χ0v) is 17.8. The van der Waals surface area contributed by atoms with Gasteiger partial charge in [-0.1, -0.05) is 12.1 Å². The lowest BCUT2D eigenvalue weighted by molar-refractivity contribution is -0.115. The summed E-state index contributed by atoms with van der Waals surface area (Å²) in [7, 11) is 1.37. The van der Waals surface area contributed by atoms with E-state index in [-0.39, 0.29) is 34.1 Å². The Bertz CT molecular complexity index is 1270. The van der Waals surface area contributed by atoms with E-state index in [9.17, 15) is 23.6 Å². The Labute approximate surface area is 185 Å². The zero-order chi connectivity index (χ0) is 23.0. The molecule has 3 amide bonds. The van der Waals surface area contributed by atoms with Crippen molar-refractivity contribution in [3.63, 3.8) is 0 Å². The van der Waals surface area contributed by atoms with Crippen LogP contribution in [0.15, 0.2) is 47.8 Å². The van der Waals surface area contributed by atoms with E-state index in [1.165, 1.54) is 50.4 Å². The number of benzene rings is 2. The van der Waals surface area contributed by atoms with Gasteiger partial charge in [0.15, 0.2) is 5.13 Å². The number of aromatic nitrogens is 1. The quantitative estimate of drug-likeness (QED) is 0.433. The van der Waals surface area contributed by atoms with Gasteiger partial charge in [-0.15, -0.1) is 11.3 Å². The van der Waals surface area contributed by atoms with E-state index in [0.717, 1.165) is 21.1 Å². The van der Waals surface area contributed by atoms with Crippen molar-refractivity contribution in [1.82, 2.24) is 9.88 Å². The molecule has 0 unspecified atom stereocenters. The number of hydrogen-bond donors (Lipinski definition) is 0. The van der Waals surface area contributed by atoms with Crippen molar-refractivity contribution in [3.05, 3.63) is 76.0 Å². The summed E-state index contributed by atoms with van der Waals surface area (Å²) in [5, 5.41) is 1.83. The molecule has 4 rings (SSSR count). The second kappa shape index (κ2) is 8.31. The third-order valence-corrected chi connectivity index (χ3v) is 5.69. The van der Waals surface area contributed by atoms with Gasteiger partial charge in [0.25, 0.3) is 11.8 Å². The van der Waals surface area contributed by atoms with E-state index in [1.54, 1.807) is 11.4 Å². The average Bonchev–Trinajstić information content (AvgIpc) is 3.32. The van der Waals surface area contributed by atoms with E-state index in [1.807, 2.05) is 0 Å². The minimum Gasteiger partial charge on any atom is -0.456 e. The summed E-state index contributed by atoms with van der Waals surface area (Å²) in [5.74, 6) is -2.60. The number of thiazole rings is 1. The van der Waals surface area contributed by atoms with E-state index in [0.29, 0.717) is 5.69 Å². The van der Waals surface area contributed by atoms with E-state index < -0.39 is 29.5 Å². The number of fused-ring (bicyclic) bond motifs is 1. The summed E-state index contributed by atoms with van der Waals surface area (Å²) in [6.45, 7) is 1.10. The maximum atomic E-state index is 14.2. The molecule has 1 aliphatic heterocycles. The van der Waals surface area contributed by atoms with Gasteiger partial charge >= 0.3 is 5.97 Å². The molecule has 0 atom stereocenters. The molecule has 0 saturated heterocycles. The summed E-state index contributed by atoms with van der Waals surface area (Å²) in [6, 6.07) is 9.98. The van der Waals surface area contributed by atoms with Crippen LogP contribution in [-0.2, 0) is 16.1 Å². The van der Waals surface area contributed by atoms with Crippen molar-refractivity contribution >= 4 is 45.8 Å². The lowest BCUT2D eigenvalue weighted by Crippen LogP contribution is -2.24. The summed E-state index contributed by atoms with van der Waals surface area (Å²) in [4.78, 5) is 55.0. The van der Waals surface area contributed by atoms with Crippen LogP contribution in [0.25, 0.3) is 0 Å². The van der Waals surface area contributed by atoms with Crippen molar-refractivity contribution in [2.75, 3.05) is 11.9 Å². The Balaban J connectivity index is 1.49. The molecule has 1 aromatic heterocycles. The molecule has 0 N–H and O–H groups in total. The smallest absolute Gasteiger partial charge is 0.338 e. The number of hydrogen-bond acceptors (Lipinski definition) is 7. The molecule has 32 heavy (non-hydrogen) atoms. The lowest BCUT2D eigenvalue weighted by Gasteiger charge is -2.18. The number of esters is 1. The standard InChI is InChI=1S/C22H16FN3O5S/c1-12(27)26(18-6-4-3-5-17(18)23)22-24-14(11-32-22)10-31-21(30)13-7-8-15-16(9-13)20(29)25(2)19(15)28/h3-9,11H,10H2,1-2H3. The van der Waals surface area contributed by atoms with Crippen molar-refractivity contribution < 1.29 is 28.3 Å². The maximum Gasteiger partial charge on any atom is 0.338 e. The highest BCUT2D eigenvalue weighted by Crippen LogP contribution is 2.31. The van der Waals surface area contributed by atoms with Gasteiger partial charge in [-0.25, -0.2) is 14.2 Å². The molecule has 0 aliphatic carbocycles. The monoisotopic (exact) mass is 453 g/mol. The van der Waals surface area contributed by atoms with E-state index in [2.05, 4.69) is 4.98 Å². The second-order valence-corrected chi connectivity index (χ2v) is 7.77. The van der Waals surface area contributed by atoms with Crippen molar-refractivity contribution in [2.45, 2.75) is 13.5 Å². The summed E-state index contributed by atoms with van der Waals surface area (Å²) < 4.78 is 19.4. The molecule has 0 saturated carbocycles. The summed E-state index contributed by atoms with van der Waals surface area (Å²) in [5.41, 5.74) is 0.932. The van der Waals surface area contributed by atoms with Gasteiger partial charge < -0.3 is 4.74 Å². The first-order valence-corrected chi connectivity index (χ1v) is 10.3. The van der Waals surface area contributed by atoms with Crippen molar-refractivity contribution in [1.29, 1.82) is 0 Å². The molecule has 0 fully saturated rings. The van der Waals surface area contributed by atoms with Crippen molar-refractivity contribution in [2.24, 2.45) is 0 Å². The Morgan fingerprint density at radius 1 is 1.12 bits per heavy atom. The predicted molar refractivity (Wildman–Crippen MR) is 113 cm³/mol. The number of para-hydroxylation sites is 1. The average molecular weight is 453 g/mol. The first-order chi connectivity index (χ1) is 15.3. The summed E-state index contributed by atoms with van der Waals surface area (Å²) in [6.07, 6.45) is 0. The molecule has 1 aliphatic rings. The predicted octanol–water partition coefficient (Wildman–Crippen LogP) is 3.55. The van der Waals surface area contributed by atoms with Gasteiger partial charge in [0.2, 0.25) is 5.91 Å². The largest absolute Gasteiger partial charge is 0.456 e.